The van der Waals surface area contributed by atoms with E-state index in [0.29, 0.717) is 16.8 Å². The van der Waals surface area contributed by atoms with Crippen molar-refractivity contribution in [2.75, 3.05) is 32.2 Å². The molecule has 1 aliphatic rings. The summed E-state index contributed by atoms with van der Waals surface area (Å²) in [5, 5.41) is 0. The van der Waals surface area contributed by atoms with Gasteiger partial charge in [0.1, 0.15) is 0 Å². The fourth-order valence-corrected chi connectivity index (χ4v) is 2.46. The molecule has 0 spiro atoms. The molecule has 1 aromatic rings. The van der Waals surface area contributed by atoms with Crippen molar-refractivity contribution >= 4 is 17.6 Å². The number of hydrogen-bond donors (Lipinski definition) is 1. The number of nitrogens with zero attached hydrogens (tertiary/aromatic N) is 1. The Morgan fingerprint density at radius 2 is 1.76 bits per heavy atom. The number of hydrogen-bond acceptors (Lipinski definition) is 6. The highest BCUT2D eigenvalue weighted by atomic mass is 16.5. The van der Waals surface area contributed by atoms with Crippen LogP contribution in [0.25, 0.3) is 0 Å². The van der Waals surface area contributed by atoms with Crippen LogP contribution in [0.1, 0.15) is 33.6 Å². The van der Waals surface area contributed by atoms with Gasteiger partial charge in [-0.25, -0.2) is 9.59 Å². The van der Waals surface area contributed by atoms with Gasteiger partial charge in [-0.2, -0.15) is 0 Å². The van der Waals surface area contributed by atoms with Crippen molar-refractivity contribution in [1.29, 1.82) is 0 Å². The van der Waals surface area contributed by atoms with Crippen LogP contribution in [0.15, 0.2) is 18.2 Å². The first-order chi connectivity index (χ1) is 10.1. The van der Waals surface area contributed by atoms with Crippen LogP contribution >= 0.6 is 0 Å². The van der Waals surface area contributed by atoms with Crippen LogP contribution in [0, 0.1) is 0 Å². The highest BCUT2D eigenvalue weighted by Crippen LogP contribution is 2.26. The highest BCUT2D eigenvalue weighted by Gasteiger charge is 2.23. The molecule has 0 aromatic heterocycles. The summed E-state index contributed by atoms with van der Waals surface area (Å²) in [6.07, 6.45) is 1.70. The minimum Gasteiger partial charge on any atom is -0.465 e. The Balaban J connectivity index is 2.38. The highest BCUT2D eigenvalue weighted by molar-refractivity contribution is 5.99. The van der Waals surface area contributed by atoms with E-state index in [1.165, 1.54) is 14.2 Å². The molecule has 0 radical (unpaired) electrons. The molecule has 1 aliphatic heterocycles. The molecule has 1 heterocycles. The molecule has 0 aliphatic carbocycles. The molecule has 0 bridgehead atoms. The standard InChI is InChI=1S/C15H20N2O4/c1-20-14(18)10-3-4-12(15(19)21-2)13(9-10)17-7-5-11(16)6-8-17/h3-4,9,11H,5-8,16H2,1-2H3. The molecule has 6 heteroatoms. The fraction of sp³-hybridized carbons (Fsp3) is 0.467. The van der Waals surface area contributed by atoms with Gasteiger partial charge >= 0.3 is 11.9 Å². The van der Waals surface area contributed by atoms with Crippen molar-refractivity contribution in [3.63, 3.8) is 0 Å². The Hall–Kier alpha value is -2.08. The van der Waals surface area contributed by atoms with E-state index in [0.717, 1.165) is 25.9 Å². The third-order valence-corrected chi connectivity index (χ3v) is 3.70. The Labute approximate surface area is 123 Å². The van der Waals surface area contributed by atoms with E-state index in [1.54, 1.807) is 18.2 Å². The predicted molar refractivity (Wildman–Crippen MR) is 78.5 cm³/mol. The van der Waals surface area contributed by atoms with Crippen LogP contribution in [0.4, 0.5) is 5.69 Å². The molecule has 2 N–H and O–H groups in total. The quantitative estimate of drug-likeness (QED) is 0.843. The number of piperidine rings is 1. The molecule has 1 aromatic carbocycles. The summed E-state index contributed by atoms with van der Waals surface area (Å²) in [5.74, 6) is -0.849. The molecule has 21 heavy (non-hydrogen) atoms. The lowest BCUT2D eigenvalue weighted by Crippen LogP contribution is -2.40. The smallest absolute Gasteiger partial charge is 0.339 e. The van der Waals surface area contributed by atoms with Crippen molar-refractivity contribution in [2.24, 2.45) is 5.73 Å². The molecule has 2 rings (SSSR count). The first-order valence-electron chi connectivity index (χ1n) is 6.88. The van der Waals surface area contributed by atoms with Crippen LogP contribution in [-0.4, -0.2) is 45.3 Å². The molecule has 0 atom stereocenters. The van der Waals surface area contributed by atoms with Gasteiger partial charge in [0.2, 0.25) is 0 Å². The molecular weight excluding hydrogens is 272 g/mol. The van der Waals surface area contributed by atoms with Gasteiger partial charge in [-0.1, -0.05) is 0 Å². The van der Waals surface area contributed by atoms with E-state index in [2.05, 4.69) is 4.90 Å². The van der Waals surface area contributed by atoms with Crippen molar-refractivity contribution in [3.8, 4) is 0 Å². The van der Waals surface area contributed by atoms with E-state index in [4.69, 9.17) is 15.2 Å². The van der Waals surface area contributed by atoms with Crippen molar-refractivity contribution in [2.45, 2.75) is 18.9 Å². The number of nitrogens with two attached hydrogens (primary N) is 1. The van der Waals surface area contributed by atoms with Gasteiger partial charge in [-0.15, -0.1) is 0 Å². The van der Waals surface area contributed by atoms with Crippen molar-refractivity contribution < 1.29 is 19.1 Å². The molecule has 1 saturated heterocycles. The average molecular weight is 292 g/mol. The molecular formula is C15H20N2O4. The Kier molecular flexibility index (Phi) is 4.80. The van der Waals surface area contributed by atoms with Crippen molar-refractivity contribution in [1.82, 2.24) is 0 Å². The number of benzene rings is 1. The number of carbonyl (C=O) groups is 2. The van der Waals surface area contributed by atoms with Crippen LogP contribution < -0.4 is 10.6 Å². The molecule has 0 amide bonds. The minimum atomic E-state index is -0.429. The maximum absolute atomic E-state index is 11.9. The van der Waals surface area contributed by atoms with Gasteiger partial charge in [0.05, 0.1) is 31.0 Å². The largest absolute Gasteiger partial charge is 0.465 e. The lowest BCUT2D eigenvalue weighted by atomic mass is 10.0. The summed E-state index contributed by atoms with van der Waals surface area (Å²) in [6, 6.07) is 5.03. The topological polar surface area (TPSA) is 81.9 Å². The van der Waals surface area contributed by atoms with Crippen LogP contribution in [0.5, 0.6) is 0 Å². The number of esters is 2. The van der Waals surface area contributed by atoms with E-state index in [9.17, 15) is 9.59 Å². The zero-order chi connectivity index (χ0) is 15.4. The number of rotatable bonds is 3. The normalized spacial score (nSPS) is 15.7. The second kappa shape index (κ2) is 6.58. The average Bonchev–Trinajstić information content (AvgIpc) is 2.53. The zero-order valence-corrected chi connectivity index (χ0v) is 12.3. The van der Waals surface area contributed by atoms with Crippen LogP contribution in [0.2, 0.25) is 0 Å². The van der Waals surface area contributed by atoms with E-state index >= 15 is 0 Å². The molecule has 114 valence electrons. The monoisotopic (exact) mass is 292 g/mol. The summed E-state index contributed by atoms with van der Waals surface area (Å²) in [7, 11) is 2.67. The first-order valence-corrected chi connectivity index (χ1v) is 6.88. The van der Waals surface area contributed by atoms with Crippen molar-refractivity contribution in [3.05, 3.63) is 29.3 Å². The number of anilines is 1. The maximum atomic E-state index is 11.9. The van der Waals surface area contributed by atoms with Gasteiger partial charge in [-0.3, -0.25) is 0 Å². The van der Waals surface area contributed by atoms with Gasteiger partial charge in [-0.05, 0) is 31.0 Å². The summed E-state index contributed by atoms with van der Waals surface area (Å²) < 4.78 is 9.54. The fourth-order valence-electron chi connectivity index (χ4n) is 2.46. The summed E-state index contributed by atoms with van der Waals surface area (Å²) >= 11 is 0. The van der Waals surface area contributed by atoms with Crippen LogP contribution in [0.3, 0.4) is 0 Å². The summed E-state index contributed by atoms with van der Waals surface area (Å²) in [4.78, 5) is 25.6. The second-order valence-corrected chi connectivity index (χ2v) is 5.04. The summed E-state index contributed by atoms with van der Waals surface area (Å²) in [6.45, 7) is 1.49. The van der Waals surface area contributed by atoms with Gasteiger partial charge in [0, 0.05) is 19.1 Å². The number of ether oxygens (including phenoxy) is 2. The van der Waals surface area contributed by atoms with Crippen LogP contribution in [-0.2, 0) is 9.47 Å². The lowest BCUT2D eigenvalue weighted by Gasteiger charge is -2.33. The van der Waals surface area contributed by atoms with E-state index in [-0.39, 0.29) is 6.04 Å². The Bertz CT molecular complexity index is 536. The van der Waals surface area contributed by atoms with E-state index < -0.39 is 11.9 Å². The molecule has 0 unspecified atom stereocenters. The Morgan fingerprint density at radius 1 is 1.14 bits per heavy atom. The number of methoxy groups -OCH3 is 2. The molecule has 6 nitrogen and oxygen atoms in total. The van der Waals surface area contributed by atoms with E-state index in [1.807, 2.05) is 0 Å². The van der Waals surface area contributed by atoms with Gasteiger partial charge in [0.15, 0.2) is 0 Å². The first kappa shape index (κ1) is 15.3. The zero-order valence-electron chi connectivity index (χ0n) is 12.3. The second-order valence-electron chi connectivity index (χ2n) is 5.04. The molecule has 0 saturated carbocycles. The Morgan fingerprint density at radius 3 is 2.33 bits per heavy atom. The third kappa shape index (κ3) is 3.33. The lowest BCUT2D eigenvalue weighted by molar-refractivity contribution is 0.0587. The molecule has 1 fully saturated rings. The SMILES string of the molecule is COC(=O)c1ccc(C(=O)OC)c(N2CCC(N)CC2)c1. The predicted octanol–water partition coefficient (Wildman–Crippen LogP) is 1.19. The third-order valence-electron chi connectivity index (χ3n) is 3.70. The minimum absolute atomic E-state index is 0.187. The maximum Gasteiger partial charge on any atom is 0.339 e. The number of carbonyl (C=O) groups excluding carboxylic acids is 2. The van der Waals surface area contributed by atoms with Gasteiger partial charge < -0.3 is 20.1 Å². The summed E-state index contributed by atoms with van der Waals surface area (Å²) in [5.41, 5.74) is 7.45. The van der Waals surface area contributed by atoms with Gasteiger partial charge in [0.25, 0.3) is 0 Å².